The number of fused-ring (bicyclic) bond motifs is 1. The summed E-state index contributed by atoms with van der Waals surface area (Å²) in [6.45, 7) is 4.00. The molecule has 2 aliphatic rings. The third-order valence-electron chi connectivity index (χ3n) is 5.04. The molecule has 2 aliphatic heterocycles. The molecule has 28 heavy (non-hydrogen) atoms. The number of anilines is 1. The number of benzene rings is 2. The van der Waals surface area contributed by atoms with Crippen LogP contribution < -0.4 is 4.90 Å². The summed E-state index contributed by atoms with van der Waals surface area (Å²) in [5.41, 5.74) is 4.04. The standard InChI is InChI=1S/C21H22N2O3S2/c1-14-6-8-16(9-7-14)11-20(24)22-21-23(17-5-3-4-15(2)10-17)18-12-28(25,26)13-19(18)27-21/h3-10,18-19H,11-13H2,1-2H3. The molecule has 0 aliphatic carbocycles. The summed E-state index contributed by atoms with van der Waals surface area (Å²) in [4.78, 5) is 18.9. The summed E-state index contributed by atoms with van der Waals surface area (Å²) < 4.78 is 24.3. The highest BCUT2D eigenvalue weighted by Crippen LogP contribution is 2.41. The molecule has 0 saturated carbocycles. The van der Waals surface area contributed by atoms with Crippen LogP contribution in [0.5, 0.6) is 0 Å². The van der Waals surface area contributed by atoms with Gasteiger partial charge in [-0.3, -0.25) is 4.79 Å². The van der Waals surface area contributed by atoms with Crippen molar-refractivity contribution in [3.05, 3.63) is 65.2 Å². The molecule has 0 aromatic heterocycles. The van der Waals surface area contributed by atoms with E-state index < -0.39 is 9.84 Å². The third kappa shape index (κ3) is 4.00. The molecule has 0 N–H and O–H groups in total. The fourth-order valence-corrected chi connectivity index (χ4v) is 7.60. The van der Waals surface area contributed by atoms with Gasteiger partial charge in [0.15, 0.2) is 15.0 Å². The van der Waals surface area contributed by atoms with E-state index in [0.29, 0.717) is 5.17 Å². The molecule has 2 heterocycles. The number of hydrogen-bond donors (Lipinski definition) is 0. The Morgan fingerprint density at radius 1 is 1.11 bits per heavy atom. The van der Waals surface area contributed by atoms with E-state index in [2.05, 4.69) is 4.99 Å². The summed E-state index contributed by atoms with van der Waals surface area (Å²) >= 11 is 1.41. The predicted octanol–water partition coefficient (Wildman–Crippen LogP) is 3.15. The van der Waals surface area contributed by atoms with Gasteiger partial charge in [-0.1, -0.05) is 53.7 Å². The molecule has 5 nitrogen and oxygen atoms in total. The summed E-state index contributed by atoms with van der Waals surface area (Å²) in [5, 5.41) is 0.518. The number of aryl methyl sites for hydroxylation is 2. The van der Waals surface area contributed by atoms with Crippen molar-refractivity contribution in [3.63, 3.8) is 0 Å². The van der Waals surface area contributed by atoms with E-state index in [1.54, 1.807) is 0 Å². The zero-order valence-electron chi connectivity index (χ0n) is 15.8. The lowest BCUT2D eigenvalue weighted by molar-refractivity contribution is -0.117. The maximum atomic E-state index is 12.6. The number of thioether (sulfide) groups is 1. The van der Waals surface area contributed by atoms with E-state index in [1.165, 1.54) is 11.8 Å². The largest absolute Gasteiger partial charge is 0.316 e. The normalized spacial score (nSPS) is 24.5. The molecule has 2 fully saturated rings. The maximum Gasteiger partial charge on any atom is 0.252 e. The van der Waals surface area contributed by atoms with Crippen molar-refractivity contribution < 1.29 is 13.2 Å². The van der Waals surface area contributed by atoms with Gasteiger partial charge in [0.25, 0.3) is 5.91 Å². The van der Waals surface area contributed by atoms with Crippen LogP contribution in [0.4, 0.5) is 5.69 Å². The second-order valence-electron chi connectivity index (χ2n) is 7.46. The van der Waals surface area contributed by atoms with Crippen molar-refractivity contribution in [2.45, 2.75) is 31.6 Å². The van der Waals surface area contributed by atoms with Gasteiger partial charge < -0.3 is 4.90 Å². The molecule has 0 spiro atoms. The van der Waals surface area contributed by atoms with Gasteiger partial charge in [0.2, 0.25) is 0 Å². The van der Waals surface area contributed by atoms with Gasteiger partial charge in [-0.15, -0.1) is 0 Å². The minimum absolute atomic E-state index is 0.0866. The molecular weight excluding hydrogens is 392 g/mol. The molecule has 7 heteroatoms. The number of sulfone groups is 1. The van der Waals surface area contributed by atoms with Crippen molar-refractivity contribution >= 4 is 38.4 Å². The topological polar surface area (TPSA) is 66.8 Å². The average Bonchev–Trinajstić information content (AvgIpc) is 3.07. The van der Waals surface area contributed by atoms with Crippen molar-refractivity contribution in [3.8, 4) is 0 Å². The van der Waals surface area contributed by atoms with E-state index in [4.69, 9.17) is 0 Å². The first-order valence-corrected chi connectivity index (χ1v) is 11.9. The molecule has 0 radical (unpaired) electrons. The highest BCUT2D eigenvalue weighted by molar-refractivity contribution is 8.16. The van der Waals surface area contributed by atoms with Gasteiger partial charge in [-0.2, -0.15) is 4.99 Å². The monoisotopic (exact) mass is 414 g/mol. The smallest absolute Gasteiger partial charge is 0.252 e. The lowest BCUT2D eigenvalue weighted by Crippen LogP contribution is -2.37. The molecule has 1 amide bonds. The number of nitrogens with zero attached hydrogens (tertiary/aromatic N) is 2. The Labute approximate surface area is 169 Å². The fraction of sp³-hybridized carbons (Fsp3) is 0.333. The maximum absolute atomic E-state index is 12.6. The summed E-state index contributed by atoms with van der Waals surface area (Å²) in [6.07, 6.45) is 0.236. The summed E-state index contributed by atoms with van der Waals surface area (Å²) in [6, 6.07) is 15.6. The Morgan fingerprint density at radius 2 is 1.86 bits per heavy atom. The van der Waals surface area contributed by atoms with Crippen LogP contribution in [0.15, 0.2) is 53.5 Å². The molecule has 2 aromatic carbocycles. The van der Waals surface area contributed by atoms with Gasteiger partial charge in [-0.25, -0.2) is 8.42 Å². The Balaban J connectivity index is 1.63. The predicted molar refractivity (Wildman–Crippen MR) is 115 cm³/mol. The van der Waals surface area contributed by atoms with Crippen molar-refractivity contribution in [1.29, 1.82) is 0 Å². The van der Waals surface area contributed by atoms with Gasteiger partial charge in [0.1, 0.15) is 0 Å². The number of carbonyl (C=O) groups is 1. The van der Waals surface area contributed by atoms with Crippen LogP contribution in [-0.4, -0.2) is 42.3 Å². The van der Waals surface area contributed by atoms with Gasteiger partial charge in [0, 0.05) is 10.9 Å². The molecule has 2 atom stereocenters. The van der Waals surface area contributed by atoms with Gasteiger partial charge >= 0.3 is 0 Å². The van der Waals surface area contributed by atoms with Crippen molar-refractivity contribution in [2.24, 2.45) is 4.99 Å². The second-order valence-corrected chi connectivity index (χ2v) is 10.8. The Hall–Kier alpha value is -2.12. The van der Waals surface area contributed by atoms with E-state index in [9.17, 15) is 13.2 Å². The first kappa shape index (κ1) is 19.2. The Bertz CT molecular complexity index is 1050. The minimum atomic E-state index is -3.06. The highest BCUT2D eigenvalue weighted by atomic mass is 32.2. The minimum Gasteiger partial charge on any atom is -0.316 e. The first-order valence-electron chi connectivity index (χ1n) is 9.21. The van der Waals surface area contributed by atoms with Crippen LogP contribution in [0.2, 0.25) is 0 Å². The third-order valence-corrected chi connectivity index (χ3v) is 8.25. The van der Waals surface area contributed by atoms with Crippen LogP contribution in [0.25, 0.3) is 0 Å². The Kier molecular flexibility index (Phi) is 5.05. The van der Waals surface area contributed by atoms with Crippen molar-refractivity contribution in [2.75, 3.05) is 16.4 Å². The Morgan fingerprint density at radius 3 is 2.57 bits per heavy atom. The summed E-state index contributed by atoms with van der Waals surface area (Å²) in [7, 11) is -3.06. The van der Waals surface area contributed by atoms with Gasteiger partial charge in [0.05, 0.1) is 24.0 Å². The molecule has 4 rings (SSSR count). The lowest BCUT2D eigenvalue weighted by Gasteiger charge is -2.24. The van der Waals surface area contributed by atoms with Crippen LogP contribution >= 0.6 is 11.8 Å². The van der Waals surface area contributed by atoms with E-state index in [1.807, 2.05) is 67.3 Å². The SMILES string of the molecule is Cc1ccc(CC(=O)N=C2SC3CS(=O)(=O)CC3N2c2cccc(C)c2)cc1. The molecule has 2 aromatic rings. The first-order chi connectivity index (χ1) is 13.3. The van der Waals surface area contributed by atoms with Gasteiger partial charge in [-0.05, 0) is 37.1 Å². The molecular formula is C21H22N2O3S2. The average molecular weight is 415 g/mol. The molecule has 2 saturated heterocycles. The fourth-order valence-electron chi connectivity index (χ4n) is 3.67. The van der Waals surface area contributed by atoms with Crippen molar-refractivity contribution in [1.82, 2.24) is 0 Å². The van der Waals surface area contributed by atoms with Crippen LogP contribution in [0.3, 0.4) is 0 Å². The molecule has 146 valence electrons. The number of carbonyl (C=O) groups excluding carboxylic acids is 1. The quantitative estimate of drug-likeness (QED) is 0.772. The van der Waals surface area contributed by atoms with E-state index in [-0.39, 0.29) is 35.1 Å². The van der Waals surface area contributed by atoms with E-state index >= 15 is 0 Å². The number of hydrogen-bond acceptors (Lipinski definition) is 4. The summed E-state index contributed by atoms with van der Waals surface area (Å²) in [5.74, 6) is 0.0198. The van der Waals surface area contributed by atoms with E-state index in [0.717, 1.165) is 22.4 Å². The van der Waals surface area contributed by atoms with Crippen LogP contribution in [-0.2, 0) is 21.1 Å². The number of amidine groups is 1. The highest BCUT2D eigenvalue weighted by Gasteiger charge is 2.49. The molecule has 2 unspecified atom stereocenters. The van der Waals surface area contributed by atoms with Crippen LogP contribution in [0.1, 0.15) is 16.7 Å². The molecule has 0 bridgehead atoms. The lowest BCUT2D eigenvalue weighted by atomic mass is 10.1. The zero-order valence-corrected chi connectivity index (χ0v) is 17.5. The number of rotatable bonds is 3. The number of aliphatic imine (C=N–C) groups is 1. The zero-order chi connectivity index (χ0) is 19.9. The van der Waals surface area contributed by atoms with Crippen LogP contribution in [0, 0.1) is 13.8 Å². The number of amides is 1. The second kappa shape index (κ2) is 7.37.